The zero-order valence-electron chi connectivity index (χ0n) is 7.73. The number of carbonyl (C=O) groups excluding carboxylic acids is 1. The van der Waals surface area contributed by atoms with Gasteiger partial charge in [-0.2, -0.15) is 0 Å². The molecule has 2 N–H and O–H groups in total. The largest absolute Gasteiger partial charge is 0.465 e. The fourth-order valence-corrected chi connectivity index (χ4v) is 1.90. The van der Waals surface area contributed by atoms with Crippen LogP contribution in [-0.4, -0.2) is 21.5 Å². The van der Waals surface area contributed by atoms with Crippen LogP contribution in [0.5, 0.6) is 0 Å². The number of benzene rings is 1. The first-order chi connectivity index (χ1) is 6.86. The summed E-state index contributed by atoms with van der Waals surface area (Å²) in [6, 6.07) is 3.67. The third-order valence-corrected chi connectivity index (χ3v) is 2.86. The fourth-order valence-electron chi connectivity index (χ4n) is 1.02. The molecule has 0 aliphatic rings. The van der Waals surface area contributed by atoms with E-state index in [1.807, 2.05) is 0 Å². The van der Waals surface area contributed by atoms with Crippen LogP contribution in [-0.2, 0) is 14.8 Å². The molecule has 0 amide bonds. The van der Waals surface area contributed by atoms with Crippen LogP contribution < -0.4 is 5.14 Å². The van der Waals surface area contributed by atoms with Gasteiger partial charge in [0.25, 0.3) is 0 Å². The molecule has 0 aromatic heterocycles. The summed E-state index contributed by atoms with van der Waals surface area (Å²) in [6.07, 6.45) is 0. The molecule has 82 valence electrons. The van der Waals surface area contributed by atoms with Crippen molar-refractivity contribution in [2.45, 2.75) is 4.90 Å². The molecule has 0 saturated heterocycles. The zero-order chi connectivity index (χ0) is 11.6. The Balaban J connectivity index is 3.47. The maximum atomic E-state index is 11.2. The molecule has 0 unspecified atom stereocenters. The lowest BCUT2D eigenvalue weighted by Gasteiger charge is -2.05. The van der Waals surface area contributed by atoms with Gasteiger partial charge in [-0.05, 0) is 18.2 Å². The Bertz CT molecular complexity index is 497. The number of esters is 1. The van der Waals surface area contributed by atoms with Gasteiger partial charge < -0.3 is 4.74 Å². The highest BCUT2D eigenvalue weighted by atomic mass is 35.5. The van der Waals surface area contributed by atoms with Gasteiger partial charge in [-0.15, -0.1) is 0 Å². The van der Waals surface area contributed by atoms with E-state index >= 15 is 0 Å². The average Bonchev–Trinajstić information content (AvgIpc) is 2.14. The summed E-state index contributed by atoms with van der Waals surface area (Å²) in [7, 11) is -2.83. The van der Waals surface area contributed by atoms with E-state index in [1.54, 1.807) is 0 Å². The number of methoxy groups -OCH3 is 1. The lowest BCUT2D eigenvalue weighted by atomic mass is 10.2. The highest BCUT2D eigenvalue weighted by Gasteiger charge is 2.19. The molecule has 1 rings (SSSR count). The molecule has 15 heavy (non-hydrogen) atoms. The van der Waals surface area contributed by atoms with Gasteiger partial charge in [-0.25, -0.2) is 18.4 Å². The number of hydrogen-bond donors (Lipinski definition) is 1. The highest BCUT2D eigenvalue weighted by Crippen LogP contribution is 2.20. The lowest BCUT2D eigenvalue weighted by Crippen LogP contribution is -2.17. The van der Waals surface area contributed by atoms with Crippen LogP contribution in [0, 0.1) is 0 Å². The van der Waals surface area contributed by atoms with E-state index in [1.165, 1.54) is 12.1 Å². The maximum absolute atomic E-state index is 11.2. The Morgan fingerprint density at radius 2 is 2.07 bits per heavy atom. The monoisotopic (exact) mass is 249 g/mol. The van der Waals surface area contributed by atoms with Crippen LogP contribution in [0.4, 0.5) is 0 Å². The molecule has 0 atom stereocenters. The molecular formula is C8H8ClNO4S. The minimum Gasteiger partial charge on any atom is -0.465 e. The van der Waals surface area contributed by atoms with Crippen LogP contribution in [0.15, 0.2) is 23.1 Å². The Morgan fingerprint density at radius 1 is 1.47 bits per heavy atom. The predicted octanol–water partition coefficient (Wildman–Crippen LogP) is 0.774. The molecule has 5 nitrogen and oxygen atoms in total. The molecular weight excluding hydrogens is 242 g/mol. The second kappa shape index (κ2) is 4.18. The summed E-state index contributed by atoms with van der Waals surface area (Å²) >= 11 is 5.62. The Kier molecular flexibility index (Phi) is 3.33. The molecule has 0 bridgehead atoms. The number of halogens is 1. The Morgan fingerprint density at radius 3 is 2.53 bits per heavy atom. The van der Waals surface area contributed by atoms with Crippen LogP contribution in [0.25, 0.3) is 0 Å². The van der Waals surface area contributed by atoms with Crippen molar-refractivity contribution in [1.29, 1.82) is 0 Å². The summed E-state index contributed by atoms with van der Waals surface area (Å²) in [5.41, 5.74) is -0.174. The minimum atomic E-state index is -3.96. The normalized spacial score (nSPS) is 11.1. The van der Waals surface area contributed by atoms with Gasteiger partial charge in [0, 0.05) is 5.02 Å². The molecule has 7 heteroatoms. The van der Waals surface area contributed by atoms with Crippen molar-refractivity contribution in [3.05, 3.63) is 28.8 Å². The van der Waals surface area contributed by atoms with Gasteiger partial charge >= 0.3 is 5.97 Å². The number of primary sulfonamides is 1. The first kappa shape index (κ1) is 12.0. The van der Waals surface area contributed by atoms with Crippen LogP contribution >= 0.6 is 11.6 Å². The van der Waals surface area contributed by atoms with Crippen molar-refractivity contribution in [1.82, 2.24) is 0 Å². The predicted molar refractivity (Wildman–Crippen MR) is 54.2 cm³/mol. The van der Waals surface area contributed by atoms with Gasteiger partial charge in [0.1, 0.15) is 0 Å². The van der Waals surface area contributed by atoms with E-state index < -0.39 is 16.0 Å². The van der Waals surface area contributed by atoms with Crippen molar-refractivity contribution in [3.63, 3.8) is 0 Å². The standard InChI is InChI=1S/C8H8ClNO4S/c1-14-8(11)6-4-5(9)2-3-7(6)15(10,12)13/h2-4H,1H3,(H2,10,12,13). The van der Waals surface area contributed by atoms with Gasteiger partial charge in [-0.1, -0.05) is 11.6 Å². The number of sulfonamides is 1. The SMILES string of the molecule is COC(=O)c1cc(Cl)ccc1S(N)(=O)=O. The second-order valence-electron chi connectivity index (χ2n) is 2.68. The van der Waals surface area contributed by atoms with Crippen molar-refractivity contribution in [3.8, 4) is 0 Å². The third-order valence-electron chi connectivity index (χ3n) is 1.65. The minimum absolute atomic E-state index is 0.174. The zero-order valence-corrected chi connectivity index (χ0v) is 9.30. The molecule has 0 spiro atoms. The van der Waals surface area contributed by atoms with E-state index in [2.05, 4.69) is 4.74 Å². The van der Waals surface area contributed by atoms with Crippen LogP contribution in [0.3, 0.4) is 0 Å². The topological polar surface area (TPSA) is 86.5 Å². The van der Waals surface area contributed by atoms with Gasteiger partial charge in [-0.3, -0.25) is 0 Å². The molecule has 0 heterocycles. The number of rotatable bonds is 2. The summed E-state index contributed by atoms with van der Waals surface area (Å²) in [5, 5.41) is 5.15. The molecule has 1 aromatic carbocycles. The quantitative estimate of drug-likeness (QED) is 0.785. The van der Waals surface area contributed by atoms with E-state index in [9.17, 15) is 13.2 Å². The van der Waals surface area contributed by atoms with Crippen molar-refractivity contribution >= 4 is 27.6 Å². The number of hydrogen-bond acceptors (Lipinski definition) is 4. The van der Waals surface area contributed by atoms with Crippen molar-refractivity contribution in [2.24, 2.45) is 5.14 Å². The molecule has 0 fully saturated rings. The second-order valence-corrected chi connectivity index (χ2v) is 4.64. The fraction of sp³-hybridized carbons (Fsp3) is 0.125. The van der Waals surface area contributed by atoms with Gasteiger partial charge in [0.2, 0.25) is 10.0 Å². The van der Waals surface area contributed by atoms with Gasteiger partial charge in [0.15, 0.2) is 0 Å². The first-order valence-electron chi connectivity index (χ1n) is 3.77. The van der Waals surface area contributed by atoms with E-state index in [4.69, 9.17) is 16.7 Å². The van der Waals surface area contributed by atoms with Crippen molar-refractivity contribution in [2.75, 3.05) is 7.11 Å². The Labute approximate surface area is 91.8 Å². The molecule has 0 aliphatic carbocycles. The van der Waals surface area contributed by atoms with E-state index in [0.29, 0.717) is 0 Å². The van der Waals surface area contributed by atoms with Gasteiger partial charge in [0.05, 0.1) is 17.6 Å². The summed E-state index contributed by atoms with van der Waals surface area (Å²) in [5.74, 6) is -0.804. The highest BCUT2D eigenvalue weighted by molar-refractivity contribution is 7.89. The molecule has 0 radical (unpaired) electrons. The Hall–Kier alpha value is -1.11. The van der Waals surface area contributed by atoms with E-state index in [0.717, 1.165) is 13.2 Å². The maximum Gasteiger partial charge on any atom is 0.339 e. The summed E-state index contributed by atoms with van der Waals surface area (Å²) in [4.78, 5) is 10.9. The summed E-state index contributed by atoms with van der Waals surface area (Å²) in [6.45, 7) is 0. The number of nitrogens with two attached hydrogens (primary N) is 1. The van der Waals surface area contributed by atoms with E-state index in [-0.39, 0.29) is 15.5 Å². The smallest absolute Gasteiger partial charge is 0.339 e. The molecule has 0 saturated carbocycles. The van der Waals surface area contributed by atoms with Crippen LogP contribution in [0.2, 0.25) is 5.02 Å². The lowest BCUT2D eigenvalue weighted by molar-refractivity contribution is 0.0596. The average molecular weight is 250 g/mol. The molecule has 0 aliphatic heterocycles. The first-order valence-corrected chi connectivity index (χ1v) is 5.69. The number of carbonyl (C=O) groups is 1. The van der Waals surface area contributed by atoms with Crippen LogP contribution in [0.1, 0.15) is 10.4 Å². The molecule has 1 aromatic rings. The summed E-state index contributed by atoms with van der Waals surface area (Å²) < 4.78 is 26.6. The van der Waals surface area contributed by atoms with Crippen molar-refractivity contribution < 1.29 is 17.9 Å². The number of ether oxygens (including phenoxy) is 1. The third kappa shape index (κ3) is 2.68.